The van der Waals surface area contributed by atoms with E-state index in [4.69, 9.17) is 11.5 Å². The number of carbonyl (C=O) groups is 2. The third-order valence-corrected chi connectivity index (χ3v) is 2.03. The van der Waals surface area contributed by atoms with Crippen LogP contribution in [-0.2, 0) is 9.59 Å². The van der Waals surface area contributed by atoms with Crippen LogP contribution in [0.2, 0.25) is 0 Å². The van der Waals surface area contributed by atoms with Crippen molar-refractivity contribution in [3.8, 4) is 0 Å². The number of nitrogens with two attached hydrogens (primary N) is 2. The molecule has 0 aliphatic heterocycles. The Morgan fingerprint density at radius 2 is 2.07 bits per heavy atom. The highest BCUT2D eigenvalue weighted by Crippen LogP contribution is 1.95. The Balaban J connectivity index is 3.90. The number of primary amides is 1. The minimum absolute atomic E-state index is 0.102. The van der Waals surface area contributed by atoms with Crippen LogP contribution in [0.5, 0.6) is 0 Å². The predicted octanol–water partition coefficient (Wildman–Crippen LogP) is -1.74. The van der Waals surface area contributed by atoms with Gasteiger partial charge in [-0.3, -0.25) is 9.59 Å². The number of nitrogens with one attached hydrogen (secondary N) is 1. The average molecular weight is 216 g/mol. The summed E-state index contributed by atoms with van der Waals surface area (Å²) in [5, 5.41) is 2.98. The lowest BCUT2D eigenvalue weighted by Crippen LogP contribution is -2.44. The van der Waals surface area contributed by atoms with E-state index in [1.54, 1.807) is 7.05 Å². The van der Waals surface area contributed by atoms with E-state index >= 15 is 0 Å². The van der Waals surface area contributed by atoms with E-state index in [0.29, 0.717) is 6.54 Å². The predicted molar refractivity (Wildman–Crippen MR) is 58.0 cm³/mol. The molecule has 88 valence electrons. The summed E-state index contributed by atoms with van der Waals surface area (Å²) in [5.41, 5.74) is 10.5. The van der Waals surface area contributed by atoms with Crippen molar-refractivity contribution in [2.75, 3.05) is 27.2 Å². The number of nitrogens with zero attached hydrogens (tertiary/aromatic N) is 1. The molecule has 0 saturated carbocycles. The molecule has 5 N–H and O–H groups in total. The fraction of sp³-hybridized carbons (Fsp3) is 0.778. The molecule has 0 bridgehead atoms. The number of likely N-dealkylation sites (N-methyl/N-ethyl adjacent to an activating group) is 1. The molecule has 15 heavy (non-hydrogen) atoms. The summed E-state index contributed by atoms with van der Waals surface area (Å²) in [6, 6.07) is -0.818. The van der Waals surface area contributed by atoms with Gasteiger partial charge in [0.25, 0.3) is 0 Å². The van der Waals surface area contributed by atoms with E-state index in [1.165, 1.54) is 4.90 Å². The zero-order chi connectivity index (χ0) is 11.8. The van der Waals surface area contributed by atoms with Crippen molar-refractivity contribution >= 4 is 11.8 Å². The Kier molecular flexibility index (Phi) is 6.64. The van der Waals surface area contributed by atoms with Crippen LogP contribution in [0.25, 0.3) is 0 Å². The molecule has 0 aromatic heterocycles. The van der Waals surface area contributed by atoms with E-state index in [0.717, 1.165) is 13.0 Å². The van der Waals surface area contributed by atoms with Gasteiger partial charge in [0.2, 0.25) is 11.8 Å². The van der Waals surface area contributed by atoms with Gasteiger partial charge in [-0.05, 0) is 20.0 Å². The molecule has 1 unspecified atom stereocenters. The van der Waals surface area contributed by atoms with E-state index in [9.17, 15) is 9.59 Å². The van der Waals surface area contributed by atoms with Crippen LogP contribution in [0.15, 0.2) is 0 Å². The molecule has 2 amide bonds. The minimum Gasteiger partial charge on any atom is -0.370 e. The summed E-state index contributed by atoms with van der Waals surface area (Å²) < 4.78 is 0. The third-order valence-electron chi connectivity index (χ3n) is 2.03. The van der Waals surface area contributed by atoms with Crippen molar-refractivity contribution in [2.24, 2.45) is 11.5 Å². The maximum absolute atomic E-state index is 11.5. The number of rotatable bonds is 7. The second-order valence-electron chi connectivity index (χ2n) is 3.49. The Morgan fingerprint density at radius 1 is 1.47 bits per heavy atom. The molecule has 0 aliphatic carbocycles. The standard InChI is InChI=1S/C9H20N4O2/c1-12-4-3-5-13(2)9(15)7(10)6-8(11)14/h7,12H,3-6,10H2,1-2H3,(H2,11,14). The first kappa shape index (κ1) is 13.9. The van der Waals surface area contributed by atoms with Gasteiger partial charge in [-0.25, -0.2) is 0 Å². The highest BCUT2D eigenvalue weighted by Gasteiger charge is 2.19. The lowest BCUT2D eigenvalue weighted by molar-refractivity contribution is -0.133. The van der Waals surface area contributed by atoms with Gasteiger partial charge >= 0.3 is 0 Å². The molecule has 6 heteroatoms. The van der Waals surface area contributed by atoms with Crippen LogP contribution < -0.4 is 16.8 Å². The van der Waals surface area contributed by atoms with Gasteiger partial charge in [-0.1, -0.05) is 0 Å². The van der Waals surface area contributed by atoms with E-state index in [2.05, 4.69) is 5.32 Å². The third kappa shape index (κ3) is 6.03. The lowest BCUT2D eigenvalue weighted by Gasteiger charge is -2.20. The molecule has 0 rings (SSSR count). The summed E-state index contributed by atoms with van der Waals surface area (Å²) in [4.78, 5) is 23.6. The molecule has 0 spiro atoms. The summed E-state index contributed by atoms with van der Waals surface area (Å²) in [6.45, 7) is 1.45. The Bertz CT molecular complexity index is 220. The molecular weight excluding hydrogens is 196 g/mol. The highest BCUT2D eigenvalue weighted by atomic mass is 16.2. The fourth-order valence-corrected chi connectivity index (χ4v) is 1.19. The SMILES string of the molecule is CNCCCN(C)C(=O)C(N)CC(N)=O. The van der Waals surface area contributed by atoms with Crippen molar-refractivity contribution in [3.05, 3.63) is 0 Å². The van der Waals surface area contributed by atoms with E-state index in [-0.39, 0.29) is 12.3 Å². The largest absolute Gasteiger partial charge is 0.370 e. The number of amides is 2. The molecular formula is C9H20N4O2. The summed E-state index contributed by atoms with van der Waals surface area (Å²) in [5.74, 6) is -0.802. The molecule has 6 nitrogen and oxygen atoms in total. The first-order chi connectivity index (χ1) is 6.99. The molecule has 0 aliphatic rings. The molecule has 0 radical (unpaired) electrons. The molecule has 0 heterocycles. The van der Waals surface area contributed by atoms with Crippen molar-refractivity contribution in [2.45, 2.75) is 18.9 Å². The first-order valence-corrected chi connectivity index (χ1v) is 4.92. The van der Waals surface area contributed by atoms with Crippen molar-refractivity contribution in [3.63, 3.8) is 0 Å². The van der Waals surface area contributed by atoms with Gasteiger partial charge in [0.1, 0.15) is 0 Å². The topological polar surface area (TPSA) is 101 Å². The summed E-state index contributed by atoms with van der Waals surface area (Å²) >= 11 is 0. The van der Waals surface area contributed by atoms with Crippen LogP contribution in [-0.4, -0.2) is 49.9 Å². The van der Waals surface area contributed by atoms with Crippen LogP contribution in [0.4, 0.5) is 0 Å². The van der Waals surface area contributed by atoms with Gasteiger partial charge in [-0.2, -0.15) is 0 Å². The molecule has 0 saturated heterocycles. The van der Waals surface area contributed by atoms with Crippen molar-refractivity contribution in [1.29, 1.82) is 0 Å². The van der Waals surface area contributed by atoms with Crippen LogP contribution >= 0.6 is 0 Å². The zero-order valence-corrected chi connectivity index (χ0v) is 9.32. The van der Waals surface area contributed by atoms with Crippen LogP contribution in [0.1, 0.15) is 12.8 Å². The quantitative estimate of drug-likeness (QED) is 0.439. The number of carbonyl (C=O) groups excluding carboxylic acids is 2. The summed E-state index contributed by atoms with van der Waals surface area (Å²) in [7, 11) is 3.51. The Hall–Kier alpha value is -1.14. The number of hydrogen-bond donors (Lipinski definition) is 3. The van der Waals surface area contributed by atoms with Gasteiger partial charge in [0.15, 0.2) is 0 Å². The first-order valence-electron chi connectivity index (χ1n) is 4.92. The second kappa shape index (κ2) is 7.19. The lowest BCUT2D eigenvalue weighted by atomic mass is 10.2. The van der Waals surface area contributed by atoms with Gasteiger partial charge < -0.3 is 21.7 Å². The normalized spacial score (nSPS) is 12.2. The van der Waals surface area contributed by atoms with Gasteiger partial charge in [0.05, 0.1) is 12.5 Å². The van der Waals surface area contributed by atoms with E-state index < -0.39 is 11.9 Å². The van der Waals surface area contributed by atoms with Crippen molar-refractivity contribution in [1.82, 2.24) is 10.2 Å². The van der Waals surface area contributed by atoms with Crippen LogP contribution in [0, 0.1) is 0 Å². The Morgan fingerprint density at radius 3 is 2.53 bits per heavy atom. The fourth-order valence-electron chi connectivity index (χ4n) is 1.19. The molecule has 0 aromatic rings. The van der Waals surface area contributed by atoms with Gasteiger partial charge in [-0.15, -0.1) is 0 Å². The second-order valence-corrected chi connectivity index (χ2v) is 3.49. The number of hydrogen-bond acceptors (Lipinski definition) is 4. The molecule has 0 fully saturated rings. The molecule has 0 aromatic carbocycles. The minimum atomic E-state index is -0.818. The smallest absolute Gasteiger partial charge is 0.239 e. The van der Waals surface area contributed by atoms with Gasteiger partial charge in [0, 0.05) is 13.6 Å². The van der Waals surface area contributed by atoms with Crippen molar-refractivity contribution < 1.29 is 9.59 Å². The monoisotopic (exact) mass is 216 g/mol. The Labute approximate surface area is 90.0 Å². The maximum atomic E-state index is 11.5. The highest BCUT2D eigenvalue weighted by molar-refractivity contribution is 5.87. The zero-order valence-electron chi connectivity index (χ0n) is 9.32. The summed E-state index contributed by atoms with van der Waals surface area (Å²) in [6.07, 6.45) is 0.747. The molecule has 1 atom stereocenters. The average Bonchev–Trinajstić information content (AvgIpc) is 2.15. The van der Waals surface area contributed by atoms with E-state index in [1.807, 2.05) is 7.05 Å². The maximum Gasteiger partial charge on any atom is 0.239 e. The van der Waals surface area contributed by atoms with Crippen LogP contribution in [0.3, 0.4) is 0 Å².